The highest BCUT2D eigenvalue weighted by Crippen LogP contribution is 2.23. The van der Waals surface area contributed by atoms with E-state index in [0.717, 1.165) is 5.92 Å². The maximum Gasteiger partial charge on any atom is 0.0280 e. The zero-order chi connectivity index (χ0) is 11.6. The Kier molecular flexibility index (Phi) is 3.88. The van der Waals surface area contributed by atoms with E-state index in [1.54, 1.807) is 0 Å². The quantitative estimate of drug-likeness (QED) is 0.773. The number of hydrogen-bond acceptors (Lipinski definition) is 3. The Morgan fingerprint density at radius 2 is 2.12 bits per heavy atom. The van der Waals surface area contributed by atoms with Gasteiger partial charge >= 0.3 is 0 Å². The van der Waals surface area contributed by atoms with Crippen LogP contribution in [0.15, 0.2) is 0 Å². The first-order valence-corrected chi connectivity index (χ1v) is 6.80. The Hall–Kier alpha value is -0.120. The summed E-state index contributed by atoms with van der Waals surface area (Å²) in [5.74, 6) is 0.882. The van der Waals surface area contributed by atoms with Crippen LogP contribution in [-0.2, 0) is 0 Å². The van der Waals surface area contributed by atoms with Gasteiger partial charge in [0, 0.05) is 31.7 Å². The molecule has 0 aromatic heterocycles. The van der Waals surface area contributed by atoms with Gasteiger partial charge in [-0.15, -0.1) is 0 Å². The third-order valence-corrected chi connectivity index (χ3v) is 4.24. The zero-order valence-electron chi connectivity index (χ0n) is 11.1. The molecule has 0 aliphatic carbocycles. The highest BCUT2D eigenvalue weighted by Gasteiger charge is 2.34. The van der Waals surface area contributed by atoms with E-state index in [9.17, 15) is 0 Å². The highest BCUT2D eigenvalue weighted by molar-refractivity contribution is 4.91. The summed E-state index contributed by atoms with van der Waals surface area (Å²) in [6, 6.07) is 0. The number of nitrogens with zero attached hydrogens (tertiary/aromatic N) is 2. The molecule has 0 amide bonds. The Morgan fingerprint density at radius 3 is 2.69 bits per heavy atom. The Morgan fingerprint density at radius 1 is 1.31 bits per heavy atom. The SMILES string of the molecule is CCN1CCN(CC2CCNC2)C(C)(C)C1. The summed E-state index contributed by atoms with van der Waals surface area (Å²) in [5, 5.41) is 3.47. The monoisotopic (exact) mass is 225 g/mol. The fourth-order valence-corrected chi connectivity index (χ4v) is 3.08. The number of nitrogens with one attached hydrogen (secondary N) is 1. The van der Waals surface area contributed by atoms with Crippen molar-refractivity contribution in [2.75, 3.05) is 45.8 Å². The van der Waals surface area contributed by atoms with Crippen LogP contribution >= 0.6 is 0 Å². The molecule has 3 heteroatoms. The zero-order valence-corrected chi connectivity index (χ0v) is 11.1. The third-order valence-electron chi connectivity index (χ3n) is 4.24. The van der Waals surface area contributed by atoms with Gasteiger partial charge in [0.15, 0.2) is 0 Å². The molecule has 2 rings (SSSR count). The molecule has 16 heavy (non-hydrogen) atoms. The number of likely N-dealkylation sites (N-methyl/N-ethyl adjacent to an activating group) is 1. The van der Waals surface area contributed by atoms with Crippen molar-refractivity contribution in [3.8, 4) is 0 Å². The van der Waals surface area contributed by atoms with Gasteiger partial charge in [-0.3, -0.25) is 4.90 Å². The second kappa shape index (κ2) is 5.03. The third kappa shape index (κ3) is 2.76. The van der Waals surface area contributed by atoms with Gasteiger partial charge in [0.1, 0.15) is 0 Å². The van der Waals surface area contributed by atoms with Gasteiger partial charge in [-0.25, -0.2) is 0 Å². The molecule has 0 aromatic carbocycles. The van der Waals surface area contributed by atoms with Crippen molar-refractivity contribution in [2.24, 2.45) is 5.92 Å². The normalized spacial score (nSPS) is 32.1. The van der Waals surface area contributed by atoms with Crippen molar-refractivity contribution in [1.82, 2.24) is 15.1 Å². The predicted octanol–water partition coefficient (Wildman–Crippen LogP) is 1.01. The maximum atomic E-state index is 3.47. The standard InChI is InChI=1S/C13H27N3/c1-4-15-7-8-16(13(2,3)11-15)10-12-5-6-14-9-12/h12,14H,4-11H2,1-3H3. The lowest BCUT2D eigenvalue weighted by Gasteiger charge is -2.48. The second-order valence-electron chi connectivity index (χ2n) is 5.99. The smallest absolute Gasteiger partial charge is 0.0280 e. The summed E-state index contributed by atoms with van der Waals surface area (Å²) in [7, 11) is 0. The van der Waals surface area contributed by atoms with Gasteiger partial charge in [-0.2, -0.15) is 0 Å². The van der Waals surface area contributed by atoms with Gasteiger partial charge in [0.05, 0.1) is 0 Å². The topological polar surface area (TPSA) is 18.5 Å². The first kappa shape index (κ1) is 12.3. The van der Waals surface area contributed by atoms with Crippen LogP contribution in [0.25, 0.3) is 0 Å². The summed E-state index contributed by atoms with van der Waals surface area (Å²) in [4.78, 5) is 5.28. The summed E-state index contributed by atoms with van der Waals surface area (Å²) in [6.45, 7) is 15.7. The maximum absolute atomic E-state index is 3.47. The van der Waals surface area contributed by atoms with Crippen LogP contribution < -0.4 is 5.32 Å². The van der Waals surface area contributed by atoms with E-state index < -0.39 is 0 Å². The molecule has 2 aliphatic heterocycles. The van der Waals surface area contributed by atoms with E-state index in [4.69, 9.17) is 0 Å². The van der Waals surface area contributed by atoms with E-state index in [0.29, 0.717) is 5.54 Å². The minimum absolute atomic E-state index is 0.358. The molecule has 94 valence electrons. The summed E-state index contributed by atoms with van der Waals surface area (Å²) < 4.78 is 0. The fourth-order valence-electron chi connectivity index (χ4n) is 3.08. The molecule has 0 bridgehead atoms. The molecule has 2 heterocycles. The van der Waals surface area contributed by atoms with Gasteiger partial charge in [0.25, 0.3) is 0 Å². The Balaban J connectivity index is 1.89. The van der Waals surface area contributed by atoms with E-state index in [2.05, 4.69) is 35.9 Å². The van der Waals surface area contributed by atoms with Crippen molar-refractivity contribution < 1.29 is 0 Å². The average Bonchev–Trinajstić information content (AvgIpc) is 2.73. The molecule has 3 nitrogen and oxygen atoms in total. The van der Waals surface area contributed by atoms with E-state index in [1.165, 1.54) is 52.2 Å². The van der Waals surface area contributed by atoms with Crippen LogP contribution in [0.5, 0.6) is 0 Å². The van der Waals surface area contributed by atoms with Crippen LogP contribution in [-0.4, -0.2) is 61.2 Å². The van der Waals surface area contributed by atoms with Crippen molar-refractivity contribution in [3.05, 3.63) is 0 Å². The van der Waals surface area contributed by atoms with Gasteiger partial charge in [-0.05, 0) is 45.8 Å². The largest absolute Gasteiger partial charge is 0.316 e. The first-order chi connectivity index (χ1) is 7.62. The van der Waals surface area contributed by atoms with E-state index >= 15 is 0 Å². The van der Waals surface area contributed by atoms with Gasteiger partial charge in [-0.1, -0.05) is 6.92 Å². The van der Waals surface area contributed by atoms with Crippen molar-refractivity contribution in [1.29, 1.82) is 0 Å². The van der Waals surface area contributed by atoms with Crippen molar-refractivity contribution in [3.63, 3.8) is 0 Å². The van der Waals surface area contributed by atoms with Gasteiger partial charge < -0.3 is 10.2 Å². The molecule has 0 saturated carbocycles. The Labute approximate surface area is 100 Å². The fraction of sp³-hybridized carbons (Fsp3) is 1.00. The number of hydrogen-bond donors (Lipinski definition) is 1. The minimum Gasteiger partial charge on any atom is -0.316 e. The molecule has 2 aliphatic rings. The Bertz CT molecular complexity index is 221. The number of rotatable bonds is 3. The summed E-state index contributed by atoms with van der Waals surface area (Å²) >= 11 is 0. The van der Waals surface area contributed by atoms with Crippen LogP contribution in [0.1, 0.15) is 27.2 Å². The summed E-state index contributed by atoms with van der Waals surface area (Å²) in [5.41, 5.74) is 0.358. The number of piperazine rings is 1. The second-order valence-corrected chi connectivity index (χ2v) is 5.99. The molecule has 0 radical (unpaired) electrons. The van der Waals surface area contributed by atoms with Crippen LogP contribution in [0.4, 0.5) is 0 Å². The lowest BCUT2D eigenvalue weighted by Crippen LogP contribution is -2.60. The lowest BCUT2D eigenvalue weighted by atomic mass is 9.96. The molecular weight excluding hydrogens is 198 g/mol. The molecule has 1 unspecified atom stereocenters. The molecule has 1 atom stereocenters. The van der Waals surface area contributed by atoms with Crippen LogP contribution in [0.2, 0.25) is 0 Å². The molecule has 1 N–H and O–H groups in total. The molecule has 2 saturated heterocycles. The summed E-state index contributed by atoms with van der Waals surface area (Å²) in [6.07, 6.45) is 1.37. The lowest BCUT2D eigenvalue weighted by molar-refractivity contribution is 0.0131. The van der Waals surface area contributed by atoms with Crippen molar-refractivity contribution >= 4 is 0 Å². The molecular formula is C13H27N3. The van der Waals surface area contributed by atoms with Crippen molar-refractivity contribution in [2.45, 2.75) is 32.7 Å². The van der Waals surface area contributed by atoms with E-state index in [-0.39, 0.29) is 0 Å². The molecule has 2 fully saturated rings. The van der Waals surface area contributed by atoms with Crippen LogP contribution in [0, 0.1) is 5.92 Å². The van der Waals surface area contributed by atoms with Gasteiger partial charge in [0.2, 0.25) is 0 Å². The first-order valence-electron chi connectivity index (χ1n) is 6.80. The minimum atomic E-state index is 0.358. The average molecular weight is 225 g/mol. The van der Waals surface area contributed by atoms with Crippen LogP contribution in [0.3, 0.4) is 0 Å². The van der Waals surface area contributed by atoms with E-state index in [1.807, 2.05) is 0 Å². The highest BCUT2D eigenvalue weighted by atomic mass is 15.3. The molecule has 0 spiro atoms. The molecule has 0 aromatic rings. The predicted molar refractivity (Wildman–Crippen MR) is 68.7 cm³/mol.